The number of hydrogen-bond acceptors (Lipinski definition) is 4. The molecule has 0 aliphatic carbocycles. The van der Waals surface area contributed by atoms with Crippen molar-refractivity contribution in [2.45, 2.75) is 0 Å². The van der Waals surface area contributed by atoms with E-state index in [1.54, 1.807) is 30.3 Å². The lowest BCUT2D eigenvalue weighted by Gasteiger charge is -2.11. The zero-order valence-electron chi connectivity index (χ0n) is 12.3. The van der Waals surface area contributed by atoms with Gasteiger partial charge in [0.2, 0.25) is 5.91 Å². The first-order valence-electron chi connectivity index (χ1n) is 6.96. The quantitative estimate of drug-likeness (QED) is 0.649. The molecule has 1 aromatic heterocycles. The molecule has 1 aliphatic rings. The van der Waals surface area contributed by atoms with Crippen LogP contribution in [0.1, 0.15) is 4.88 Å². The molecule has 0 spiro atoms. The second kappa shape index (κ2) is 6.86. The van der Waals surface area contributed by atoms with Crippen molar-refractivity contribution >= 4 is 52.5 Å². The number of carbonyl (C=O) groups excluding carboxylic acids is 3. The lowest BCUT2D eigenvalue weighted by molar-refractivity contribution is -0.127. The molecule has 0 saturated carbocycles. The van der Waals surface area contributed by atoms with Crippen LogP contribution in [0.15, 0.2) is 47.5 Å². The number of amides is 4. The fourth-order valence-electron chi connectivity index (χ4n) is 2.11. The van der Waals surface area contributed by atoms with Gasteiger partial charge in [-0.1, -0.05) is 17.7 Å². The van der Waals surface area contributed by atoms with Gasteiger partial charge in [0.25, 0.3) is 5.91 Å². The summed E-state index contributed by atoms with van der Waals surface area (Å²) in [6.07, 6.45) is 1.59. The van der Waals surface area contributed by atoms with Crippen LogP contribution in [0, 0.1) is 0 Å². The summed E-state index contributed by atoms with van der Waals surface area (Å²) in [6.45, 7) is -0.366. The van der Waals surface area contributed by atoms with E-state index in [9.17, 15) is 14.4 Å². The minimum absolute atomic E-state index is 0.154. The summed E-state index contributed by atoms with van der Waals surface area (Å²) in [6, 6.07) is 9.58. The molecule has 2 heterocycles. The van der Waals surface area contributed by atoms with Crippen molar-refractivity contribution in [3.8, 4) is 0 Å². The molecule has 24 heavy (non-hydrogen) atoms. The number of halogens is 1. The summed E-state index contributed by atoms with van der Waals surface area (Å²) in [7, 11) is 0. The Morgan fingerprint density at radius 2 is 2.00 bits per heavy atom. The Kier molecular flexibility index (Phi) is 4.64. The van der Waals surface area contributed by atoms with Crippen molar-refractivity contribution in [2.24, 2.45) is 0 Å². The molecule has 1 fully saturated rings. The first kappa shape index (κ1) is 16.2. The molecule has 122 valence electrons. The van der Waals surface area contributed by atoms with E-state index in [2.05, 4.69) is 10.6 Å². The molecule has 0 bridgehead atoms. The molecule has 1 aromatic carbocycles. The first-order chi connectivity index (χ1) is 11.5. The highest BCUT2D eigenvalue weighted by molar-refractivity contribution is 7.10. The van der Waals surface area contributed by atoms with E-state index in [1.807, 2.05) is 17.5 Å². The van der Waals surface area contributed by atoms with E-state index in [-0.39, 0.29) is 12.2 Å². The van der Waals surface area contributed by atoms with E-state index in [0.29, 0.717) is 10.7 Å². The summed E-state index contributed by atoms with van der Waals surface area (Å²) >= 11 is 7.22. The lowest BCUT2D eigenvalue weighted by Crippen LogP contribution is -2.38. The minimum Gasteiger partial charge on any atom is -0.325 e. The second-order valence-electron chi connectivity index (χ2n) is 4.95. The van der Waals surface area contributed by atoms with Crippen LogP contribution in [-0.2, 0) is 9.59 Å². The summed E-state index contributed by atoms with van der Waals surface area (Å²) in [5, 5.41) is 7.50. The van der Waals surface area contributed by atoms with Gasteiger partial charge < -0.3 is 10.6 Å². The third-order valence-electron chi connectivity index (χ3n) is 3.22. The molecule has 6 nitrogen and oxygen atoms in total. The molecule has 8 heteroatoms. The van der Waals surface area contributed by atoms with Crippen molar-refractivity contribution in [1.82, 2.24) is 10.2 Å². The van der Waals surface area contributed by atoms with Gasteiger partial charge in [0.15, 0.2) is 0 Å². The zero-order chi connectivity index (χ0) is 17.1. The Balaban J connectivity index is 1.66. The van der Waals surface area contributed by atoms with Gasteiger partial charge in [0, 0.05) is 15.6 Å². The third-order valence-corrected chi connectivity index (χ3v) is 4.29. The van der Waals surface area contributed by atoms with Crippen molar-refractivity contribution in [3.63, 3.8) is 0 Å². The molecular weight excluding hydrogens is 350 g/mol. The minimum atomic E-state index is -0.617. The number of imide groups is 1. The van der Waals surface area contributed by atoms with Crippen LogP contribution >= 0.6 is 22.9 Å². The van der Waals surface area contributed by atoms with Gasteiger partial charge in [0.05, 0.1) is 0 Å². The molecule has 0 atom stereocenters. The molecule has 3 rings (SSSR count). The Labute approximate surface area is 146 Å². The fourth-order valence-corrected chi connectivity index (χ4v) is 2.89. The van der Waals surface area contributed by atoms with Crippen molar-refractivity contribution in [2.75, 3.05) is 11.9 Å². The summed E-state index contributed by atoms with van der Waals surface area (Å²) in [5.74, 6) is -1.00. The van der Waals surface area contributed by atoms with Crippen molar-refractivity contribution in [1.29, 1.82) is 0 Å². The maximum Gasteiger partial charge on any atom is 0.329 e. The highest BCUT2D eigenvalue weighted by atomic mass is 35.5. The Bertz CT molecular complexity index is 816. The number of hydrogen-bond donors (Lipinski definition) is 2. The summed E-state index contributed by atoms with van der Waals surface area (Å²) in [4.78, 5) is 37.9. The number of nitrogens with one attached hydrogen (secondary N) is 2. The maximum atomic E-state index is 12.3. The lowest BCUT2D eigenvalue weighted by atomic mass is 10.3. The second-order valence-corrected chi connectivity index (χ2v) is 6.37. The van der Waals surface area contributed by atoms with Gasteiger partial charge in [-0.05, 0) is 41.8 Å². The topological polar surface area (TPSA) is 78.5 Å². The Morgan fingerprint density at radius 3 is 2.67 bits per heavy atom. The van der Waals surface area contributed by atoms with E-state index >= 15 is 0 Å². The van der Waals surface area contributed by atoms with E-state index in [0.717, 1.165) is 9.78 Å². The van der Waals surface area contributed by atoms with Crippen LogP contribution in [0.3, 0.4) is 0 Å². The number of rotatable bonds is 4. The van der Waals surface area contributed by atoms with Crippen LogP contribution in [0.25, 0.3) is 6.08 Å². The van der Waals surface area contributed by atoms with Crippen LogP contribution in [0.2, 0.25) is 5.02 Å². The number of thiophene rings is 1. The third kappa shape index (κ3) is 3.64. The highest BCUT2D eigenvalue weighted by Crippen LogP contribution is 2.18. The van der Waals surface area contributed by atoms with Gasteiger partial charge in [-0.2, -0.15) is 0 Å². The first-order valence-corrected chi connectivity index (χ1v) is 8.22. The Hall–Kier alpha value is -2.64. The van der Waals surface area contributed by atoms with Crippen LogP contribution in [0.4, 0.5) is 10.5 Å². The molecule has 1 saturated heterocycles. The molecule has 2 N–H and O–H groups in total. The number of carbonyl (C=O) groups is 3. The number of urea groups is 1. The molecule has 0 unspecified atom stereocenters. The molecule has 2 aromatic rings. The summed E-state index contributed by atoms with van der Waals surface area (Å²) < 4.78 is 0. The fraction of sp³-hybridized carbons (Fsp3) is 0.0625. The largest absolute Gasteiger partial charge is 0.329 e. The highest BCUT2D eigenvalue weighted by Gasteiger charge is 2.34. The predicted octanol–water partition coefficient (Wildman–Crippen LogP) is 2.93. The average molecular weight is 362 g/mol. The van der Waals surface area contributed by atoms with Crippen LogP contribution in [-0.4, -0.2) is 29.3 Å². The van der Waals surface area contributed by atoms with Gasteiger partial charge >= 0.3 is 6.03 Å². The monoisotopic (exact) mass is 361 g/mol. The maximum absolute atomic E-state index is 12.3. The molecule has 0 radical (unpaired) electrons. The van der Waals surface area contributed by atoms with Gasteiger partial charge in [-0.25, -0.2) is 9.69 Å². The van der Waals surface area contributed by atoms with E-state index < -0.39 is 17.8 Å². The van der Waals surface area contributed by atoms with Crippen molar-refractivity contribution in [3.05, 3.63) is 57.4 Å². The standard InChI is InChI=1S/C16H12ClN3O3S/c17-10-3-5-11(6-4-10)18-14(21)9-20-15(22)13(19-16(20)23)8-12-2-1-7-24-12/h1-8H,9H2,(H,18,21)(H,19,23)/b13-8+. The number of benzene rings is 1. The molecule has 4 amide bonds. The van der Waals surface area contributed by atoms with Gasteiger partial charge in [-0.3, -0.25) is 9.59 Å². The normalized spacial score (nSPS) is 15.7. The van der Waals surface area contributed by atoms with Crippen molar-refractivity contribution < 1.29 is 14.4 Å². The smallest absolute Gasteiger partial charge is 0.325 e. The molecular formula is C16H12ClN3O3S. The molecule has 1 aliphatic heterocycles. The van der Waals surface area contributed by atoms with E-state index in [4.69, 9.17) is 11.6 Å². The number of anilines is 1. The SMILES string of the molecule is O=C(CN1C(=O)N/C(=C/c2cccs2)C1=O)Nc1ccc(Cl)cc1. The zero-order valence-corrected chi connectivity index (χ0v) is 13.9. The number of nitrogens with zero attached hydrogens (tertiary/aromatic N) is 1. The Morgan fingerprint density at radius 1 is 1.25 bits per heavy atom. The van der Waals surface area contributed by atoms with Gasteiger partial charge in [-0.15, -0.1) is 11.3 Å². The average Bonchev–Trinajstić information content (AvgIpc) is 3.14. The van der Waals surface area contributed by atoms with Gasteiger partial charge in [0.1, 0.15) is 12.2 Å². The van der Waals surface area contributed by atoms with Crippen LogP contribution < -0.4 is 10.6 Å². The predicted molar refractivity (Wildman–Crippen MR) is 92.6 cm³/mol. The van der Waals surface area contributed by atoms with E-state index in [1.165, 1.54) is 11.3 Å². The summed E-state index contributed by atoms with van der Waals surface area (Å²) in [5.41, 5.74) is 0.688. The van der Waals surface area contributed by atoms with Crippen LogP contribution in [0.5, 0.6) is 0 Å².